The summed E-state index contributed by atoms with van der Waals surface area (Å²) in [4.78, 5) is 13.5. The summed E-state index contributed by atoms with van der Waals surface area (Å²) in [6, 6.07) is 0. The van der Waals surface area contributed by atoms with Crippen LogP contribution in [0, 0.1) is 22.7 Å². The molecule has 9 nitrogen and oxygen atoms in total. The van der Waals surface area contributed by atoms with Crippen LogP contribution in [0.1, 0.15) is 92.9 Å². The molecule has 222 valence electrons. The normalized spacial score (nSPS) is 52.5. The van der Waals surface area contributed by atoms with Crippen molar-refractivity contribution in [2.24, 2.45) is 22.7 Å². The summed E-state index contributed by atoms with van der Waals surface area (Å²) >= 11 is 0. The maximum Gasteiger partial charge on any atom is 0.187 e. The summed E-state index contributed by atoms with van der Waals surface area (Å²) in [5, 5.41) is 65.2. The molecule has 39 heavy (non-hydrogen) atoms. The fraction of sp³-hybridized carbons (Fsp3) is 0.900. The molecular weight excluding hydrogens is 504 g/mol. The Morgan fingerprint density at radius 1 is 0.974 bits per heavy atom. The van der Waals surface area contributed by atoms with Gasteiger partial charge >= 0.3 is 0 Å². The number of fused-ring (bicyclic) bond motifs is 5. The number of hydrogen-bond donors (Lipinski definition) is 6. The van der Waals surface area contributed by atoms with E-state index in [-0.39, 0.29) is 37.4 Å². The molecule has 0 bridgehead atoms. The number of carbonyl (C=O) groups is 1. The van der Waals surface area contributed by atoms with Crippen LogP contribution in [0.25, 0.3) is 0 Å². The van der Waals surface area contributed by atoms with E-state index in [0.717, 1.165) is 0 Å². The summed E-state index contributed by atoms with van der Waals surface area (Å²) in [5.74, 6) is -1.84. The number of rotatable bonds is 5. The summed E-state index contributed by atoms with van der Waals surface area (Å²) in [5.41, 5.74) is -6.20. The van der Waals surface area contributed by atoms with Crippen LogP contribution in [0.3, 0.4) is 0 Å². The molecule has 11 atom stereocenters. The van der Waals surface area contributed by atoms with E-state index in [4.69, 9.17) is 9.47 Å². The third kappa shape index (κ3) is 3.98. The summed E-state index contributed by atoms with van der Waals surface area (Å²) in [6.45, 7) is 10.9. The van der Waals surface area contributed by atoms with Crippen molar-refractivity contribution >= 4 is 5.78 Å². The van der Waals surface area contributed by atoms with E-state index < -0.39 is 57.0 Å². The van der Waals surface area contributed by atoms with Crippen LogP contribution in [-0.4, -0.2) is 89.5 Å². The van der Waals surface area contributed by atoms with Crippen LogP contribution in [0.2, 0.25) is 0 Å². The van der Waals surface area contributed by atoms with Gasteiger partial charge in [-0.1, -0.05) is 13.8 Å². The van der Waals surface area contributed by atoms with Gasteiger partial charge in [-0.3, -0.25) is 4.79 Å². The number of hydrogen-bond acceptors (Lipinski definition) is 9. The number of ether oxygens (including phenoxy) is 2. The standard InChI is InChI=1S/C30H48O9/c1-24(2)38-23(9-10-25(3,35)16-31)28(6,39-24)21-8-12-29(36)18-13-22(34)30(37)15-20(33)19(32)14-27(30,5)17(18)7-11-26(21,29)4/h13,17,19-21,23,31-33,35-37H,7-12,14-16H2,1-6H3/t17-,19-,20+,21-,23+,25-,26+,27+,28+,29+,30+/m0/s1. The van der Waals surface area contributed by atoms with Crippen molar-refractivity contribution in [2.45, 2.75) is 139 Å². The van der Waals surface area contributed by atoms with Crippen molar-refractivity contribution < 1.29 is 44.9 Å². The van der Waals surface area contributed by atoms with Gasteiger partial charge in [-0.2, -0.15) is 0 Å². The quantitative estimate of drug-likeness (QED) is 0.299. The summed E-state index contributed by atoms with van der Waals surface area (Å²) < 4.78 is 13.0. The Hall–Kier alpha value is -0.910. The molecule has 9 heteroatoms. The maximum absolute atomic E-state index is 13.5. The Balaban J connectivity index is 1.52. The predicted octanol–water partition coefficient (Wildman–Crippen LogP) is 1.74. The zero-order valence-corrected chi connectivity index (χ0v) is 24.2. The lowest BCUT2D eigenvalue weighted by atomic mass is 9.44. The molecule has 0 aromatic rings. The molecule has 0 spiro atoms. The van der Waals surface area contributed by atoms with E-state index in [1.165, 1.54) is 6.08 Å². The van der Waals surface area contributed by atoms with E-state index in [2.05, 4.69) is 6.92 Å². The first kappa shape index (κ1) is 29.6. The molecule has 4 fully saturated rings. The van der Waals surface area contributed by atoms with Crippen molar-refractivity contribution in [3.63, 3.8) is 0 Å². The van der Waals surface area contributed by atoms with Crippen molar-refractivity contribution in [2.75, 3.05) is 6.61 Å². The van der Waals surface area contributed by atoms with Gasteiger partial charge in [0.2, 0.25) is 0 Å². The van der Waals surface area contributed by atoms with Gasteiger partial charge in [0.25, 0.3) is 0 Å². The first-order valence-corrected chi connectivity index (χ1v) is 14.6. The molecule has 4 aliphatic carbocycles. The van der Waals surface area contributed by atoms with Crippen molar-refractivity contribution in [1.82, 2.24) is 0 Å². The molecule has 1 saturated heterocycles. The first-order chi connectivity index (χ1) is 17.8. The number of aliphatic hydroxyl groups excluding tert-OH is 3. The molecule has 1 heterocycles. The molecule has 0 radical (unpaired) electrons. The number of ketones is 1. The highest BCUT2D eigenvalue weighted by Gasteiger charge is 2.73. The highest BCUT2D eigenvalue weighted by Crippen LogP contribution is 2.70. The minimum atomic E-state index is -1.80. The smallest absolute Gasteiger partial charge is 0.187 e. The summed E-state index contributed by atoms with van der Waals surface area (Å²) in [7, 11) is 0. The predicted molar refractivity (Wildman–Crippen MR) is 141 cm³/mol. The van der Waals surface area contributed by atoms with Gasteiger partial charge in [-0.25, -0.2) is 0 Å². The maximum atomic E-state index is 13.5. The minimum Gasteiger partial charge on any atom is -0.393 e. The molecule has 5 rings (SSSR count). The molecule has 5 aliphatic rings. The zero-order chi connectivity index (χ0) is 29.0. The zero-order valence-electron chi connectivity index (χ0n) is 24.2. The van der Waals surface area contributed by atoms with Crippen LogP contribution >= 0.6 is 0 Å². The average molecular weight is 553 g/mol. The highest BCUT2D eigenvalue weighted by atomic mass is 16.8. The summed E-state index contributed by atoms with van der Waals surface area (Å²) in [6.07, 6.45) is 1.75. The van der Waals surface area contributed by atoms with Crippen LogP contribution in [0.5, 0.6) is 0 Å². The van der Waals surface area contributed by atoms with Gasteiger partial charge < -0.3 is 40.1 Å². The van der Waals surface area contributed by atoms with E-state index in [1.807, 2.05) is 27.7 Å². The van der Waals surface area contributed by atoms with Crippen LogP contribution in [0.15, 0.2) is 11.6 Å². The monoisotopic (exact) mass is 552 g/mol. The van der Waals surface area contributed by atoms with Crippen molar-refractivity contribution in [3.05, 3.63) is 11.6 Å². The molecule has 3 saturated carbocycles. The van der Waals surface area contributed by atoms with Gasteiger partial charge in [0.05, 0.1) is 41.7 Å². The van der Waals surface area contributed by atoms with E-state index in [1.54, 1.807) is 6.92 Å². The first-order valence-electron chi connectivity index (χ1n) is 14.6. The van der Waals surface area contributed by atoms with Crippen molar-refractivity contribution in [1.29, 1.82) is 0 Å². The fourth-order valence-corrected chi connectivity index (χ4v) is 9.51. The van der Waals surface area contributed by atoms with E-state index >= 15 is 0 Å². The highest BCUT2D eigenvalue weighted by molar-refractivity contribution is 6.00. The second kappa shape index (κ2) is 8.80. The van der Waals surface area contributed by atoms with E-state index in [9.17, 15) is 35.4 Å². The van der Waals surface area contributed by atoms with Gasteiger partial charge in [0.15, 0.2) is 11.6 Å². The fourth-order valence-electron chi connectivity index (χ4n) is 9.51. The van der Waals surface area contributed by atoms with Crippen molar-refractivity contribution in [3.8, 4) is 0 Å². The molecule has 0 amide bonds. The second-order valence-corrected chi connectivity index (χ2v) is 14.7. The van der Waals surface area contributed by atoms with Crippen LogP contribution in [-0.2, 0) is 14.3 Å². The van der Waals surface area contributed by atoms with Gasteiger partial charge in [0, 0.05) is 17.3 Å². The third-order valence-electron chi connectivity index (χ3n) is 11.8. The Bertz CT molecular complexity index is 1060. The Labute approximate surface area is 231 Å². The number of aliphatic hydroxyl groups is 6. The van der Waals surface area contributed by atoms with Crippen LogP contribution in [0.4, 0.5) is 0 Å². The van der Waals surface area contributed by atoms with Gasteiger partial charge in [0.1, 0.15) is 5.60 Å². The Kier molecular flexibility index (Phi) is 6.67. The van der Waals surface area contributed by atoms with Gasteiger partial charge in [-0.15, -0.1) is 0 Å². The molecular formula is C30H48O9. The minimum absolute atomic E-state index is 0.0738. The molecule has 1 aliphatic heterocycles. The largest absolute Gasteiger partial charge is 0.393 e. The van der Waals surface area contributed by atoms with Gasteiger partial charge in [-0.05, 0) is 96.1 Å². The lowest BCUT2D eigenvalue weighted by molar-refractivity contribution is -0.213. The molecule has 0 aromatic heterocycles. The Morgan fingerprint density at radius 2 is 1.62 bits per heavy atom. The topological polar surface area (TPSA) is 157 Å². The number of carbonyl (C=O) groups excluding carboxylic acids is 1. The molecule has 0 aromatic carbocycles. The third-order valence-corrected chi connectivity index (χ3v) is 11.8. The molecule has 0 unspecified atom stereocenters. The van der Waals surface area contributed by atoms with Crippen LogP contribution < -0.4 is 0 Å². The average Bonchev–Trinajstić information content (AvgIpc) is 3.25. The Morgan fingerprint density at radius 3 is 2.26 bits per heavy atom. The van der Waals surface area contributed by atoms with E-state index in [0.29, 0.717) is 44.1 Å². The second-order valence-electron chi connectivity index (χ2n) is 14.7. The molecule has 6 N–H and O–H groups in total. The lowest BCUT2D eigenvalue weighted by Crippen LogP contribution is -2.69. The lowest BCUT2D eigenvalue weighted by Gasteiger charge is -2.62. The SMILES string of the molecule is CC1(C)O[C@H](CC[C@](C)(O)CO)[C@@](C)([C@H]2CC[C@@]3(O)C4=CC(=O)[C@]5(O)C[C@@H](O)[C@@H](O)C[C@]5(C)[C@H]4CC[C@]23C)O1.